The van der Waals surface area contributed by atoms with Crippen LogP contribution >= 0.6 is 0 Å². The topological polar surface area (TPSA) is 57.5 Å². The number of carboxylic acids is 1. The van der Waals surface area contributed by atoms with Crippen molar-refractivity contribution < 1.29 is 15.0 Å². The highest BCUT2D eigenvalue weighted by atomic mass is 16.4. The second-order valence-corrected chi connectivity index (χ2v) is 5.85. The van der Waals surface area contributed by atoms with Gasteiger partial charge in [0.05, 0.1) is 0 Å². The lowest BCUT2D eigenvalue weighted by atomic mass is 10.1. The Balaban J connectivity index is 3.32. The van der Waals surface area contributed by atoms with Crippen LogP contribution in [0, 0.1) is 23.7 Å². The minimum atomic E-state index is -0.744. The van der Waals surface area contributed by atoms with Gasteiger partial charge in [-0.1, -0.05) is 44.9 Å². The highest BCUT2D eigenvalue weighted by molar-refractivity contribution is 5.66. The number of aliphatic carboxylic acids is 1. The third-order valence-corrected chi connectivity index (χ3v) is 3.52. The summed E-state index contributed by atoms with van der Waals surface area (Å²) in [4.78, 5) is 10.3. The summed E-state index contributed by atoms with van der Waals surface area (Å²) in [7, 11) is 0. The summed E-state index contributed by atoms with van der Waals surface area (Å²) in [5.41, 5.74) is 0. The third-order valence-electron chi connectivity index (χ3n) is 3.52. The molecular weight excluding hydrogens is 288 g/mol. The van der Waals surface area contributed by atoms with Crippen LogP contribution in [0.25, 0.3) is 0 Å². The predicted octanol–water partition coefficient (Wildman–Crippen LogP) is 4.53. The summed E-state index contributed by atoms with van der Waals surface area (Å²) in [6.45, 7) is 2.12. The normalized spacial score (nSPS) is 11.0. The van der Waals surface area contributed by atoms with Crippen molar-refractivity contribution in [3.05, 3.63) is 0 Å². The fourth-order valence-electron chi connectivity index (χ4n) is 2.12. The van der Waals surface area contributed by atoms with E-state index in [9.17, 15) is 9.90 Å². The van der Waals surface area contributed by atoms with Gasteiger partial charge in [0.15, 0.2) is 0 Å². The average Bonchev–Trinajstić information content (AvgIpc) is 2.52. The van der Waals surface area contributed by atoms with E-state index >= 15 is 0 Å². The van der Waals surface area contributed by atoms with Gasteiger partial charge in [0.1, 0.15) is 6.10 Å². The van der Waals surface area contributed by atoms with Gasteiger partial charge in [0.25, 0.3) is 0 Å². The van der Waals surface area contributed by atoms with Crippen molar-refractivity contribution in [2.45, 2.75) is 96.5 Å². The fraction of sp³-hybridized carbons (Fsp3) is 0.750. The second-order valence-electron chi connectivity index (χ2n) is 5.85. The molecule has 0 spiro atoms. The Hall–Kier alpha value is -1.45. The number of aliphatic hydroxyl groups is 1. The van der Waals surface area contributed by atoms with Gasteiger partial charge in [-0.15, -0.1) is 17.8 Å². The summed E-state index contributed by atoms with van der Waals surface area (Å²) in [5, 5.41) is 18.1. The van der Waals surface area contributed by atoms with Gasteiger partial charge in [-0.05, 0) is 25.7 Å². The van der Waals surface area contributed by atoms with Crippen LogP contribution in [-0.2, 0) is 4.79 Å². The molecule has 0 aromatic heterocycles. The molecule has 2 N–H and O–H groups in total. The highest BCUT2D eigenvalue weighted by Gasteiger charge is 1.96. The van der Waals surface area contributed by atoms with E-state index in [-0.39, 0.29) is 6.42 Å². The Morgan fingerprint density at radius 2 is 1.43 bits per heavy atom. The molecule has 1 unspecified atom stereocenters. The van der Waals surface area contributed by atoms with E-state index in [0.717, 1.165) is 44.9 Å². The largest absolute Gasteiger partial charge is 0.481 e. The van der Waals surface area contributed by atoms with E-state index in [4.69, 9.17) is 5.11 Å². The standard InChI is InChI=1S/C20H32O3/c1-2-3-16-19(21)17-14-12-10-8-6-4-5-7-9-11-13-15-18-20(22)23/h19,21H,2-8,10,12-13,15-16,18H2,1H3,(H,22,23). The number of rotatable bonds is 12. The highest BCUT2D eigenvalue weighted by Crippen LogP contribution is 2.07. The maximum atomic E-state index is 10.3. The Labute approximate surface area is 141 Å². The molecule has 1 atom stereocenters. The van der Waals surface area contributed by atoms with Crippen molar-refractivity contribution in [3.8, 4) is 23.7 Å². The number of hydrogen-bond acceptors (Lipinski definition) is 2. The van der Waals surface area contributed by atoms with Crippen LogP contribution in [0.4, 0.5) is 0 Å². The van der Waals surface area contributed by atoms with Gasteiger partial charge in [-0.25, -0.2) is 0 Å². The summed E-state index contributed by atoms with van der Waals surface area (Å²) >= 11 is 0. The molecule has 0 aliphatic carbocycles. The third kappa shape index (κ3) is 18.5. The van der Waals surface area contributed by atoms with Gasteiger partial charge in [-0.3, -0.25) is 4.79 Å². The summed E-state index contributed by atoms with van der Waals surface area (Å²) in [5.74, 6) is 11.4. The molecule has 0 aromatic rings. The number of carboxylic acid groups (broad SMARTS) is 1. The summed E-state index contributed by atoms with van der Waals surface area (Å²) in [6, 6.07) is 0. The van der Waals surface area contributed by atoms with Gasteiger partial charge in [0, 0.05) is 25.7 Å². The maximum Gasteiger partial charge on any atom is 0.303 e. The molecule has 3 heteroatoms. The molecule has 23 heavy (non-hydrogen) atoms. The van der Waals surface area contributed by atoms with Crippen LogP contribution in [-0.4, -0.2) is 22.3 Å². The summed E-state index contributed by atoms with van der Waals surface area (Å²) < 4.78 is 0. The van der Waals surface area contributed by atoms with Crippen molar-refractivity contribution in [3.63, 3.8) is 0 Å². The van der Waals surface area contributed by atoms with Crippen LogP contribution < -0.4 is 0 Å². The first-order valence-electron chi connectivity index (χ1n) is 9.00. The van der Waals surface area contributed by atoms with Crippen LogP contribution in [0.5, 0.6) is 0 Å². The molecule has 0 heterocycles. The molecule has 0 bridgehead atoms. The lowest BCUT2D eigenvalue weighted by molar-refractivity contribution is -0.137. The molecular formula is C20H32O3. The van der Waals surface area contributed by atoms with Crippen LogP contribution in [0.2, 0.25) is 0 Å². The number of hydrogen-bond donors (Lipinski definition) is 2. The van der Waals surface area contributed by atoms with Gasteiger partial charge < -0.3 is 10.2 Å². The quantitative estimate of drug-likeness (QED) is 0.410. The van der Waals surface area contributed by atoms with E-state index < -0.39 is 12.1 Å². The lowest BCUT2D eigenvalue weighted by Crippen LogP contribution is -2.01. The van der Waals surface area contributed by atoms with E-state index in [1.165, 1.54) is 19.3 Å². The van der Waals surface area contributed by atoms with Gasteiger partial charge >= 0.3 is 5.97 Å². The molecule has 0 amide bonds. The van der Waals surface area contributed by atoms with E-state index in [1.54, 1.807) is 0 Å². The van der Waals surface area contributed by atoms with Crippen molar-refractivity contribution in [2.75, 3.05) is 0 Å². The average molecular weight is 320 g/mol. The van der Waals surface area contributed by atoms with E-state index in [2.05, 4.69) is 30.6 Å². The fourth-order valence-corrected chi connectivity index (χ4v) is 2.12. The molecule has 0 radical (unpaired) electrons. The minimum Gasteiger partial charge on any atom is -0.481 e. The first kappa shape index (κ1) is 21.6. The van der Waals surface area contributed by atoms with Crippen molar-refractivity contribution in [1.29, 1.82) is 0 Å². The zero-order valence-electron chi connectivity index (χ0n) is 14.6. The molecule has 0 fully saturated rings. The Kier molecular flexibility index (Phi) is 15.8. The van der Waals surface area contributed by atoms with Gasteiger partial charge in [0.2, 0.25) is 0 Å². The Morgan fingerprint density at radius 3 is 2.04 bits per heavy atom. The zero-order chi connectivity index (χ0) is 17.2. The minimum absolute atomic E-state index is 0.215. The molecule has 130 valence electrons. The van der Waals surface area contributed by atoms with Gasteiger partial charge in [-0.2, -0.15) is 0 Å². The van der Waals surface area contributed by atoms with Crippen LogP contribution in [0.15, 0.2) is 0 Å². The lowest BCUT2D eigenvalue weighted by Gasteiger charge is -2.00. The zero-order valence-corrected chi connectivity index (χ0v) is 14.6. The summed E-state index contributed by atoms with van der Waals surface area (Å²) in [6.07, 6.45) is 11.7. The number of carbonyl (C=O) groups is 1. The number of aliphatic hydroxyl groups excluding tert-OH is 1. The van der Waals surface area contributed by atoms with Crippen molar-refractivity contribution in [2.24, 2.45) is 0 Å². The molecule has 0 saturated carbocycles. The Morgan fingerprint density at radius 1 is 0.870 bits per heavy atom. The van der Waals surface area contributed by atoms with Crippen molar-refractivity contribution >= 4 is 5.97 Å². The van der Waals surface area contributed by atoms with E-state index in [0.29, 0.717) is 12.8 Å². The molecule has 0 aliphatic heterocycles. The smallest absolute Gasteiger partial charge is 0.303 e. The monoisotopic (exact) mass is 320 g/mol. The Bertz CT molecular complexity index is 406. The van der Waals surface area contributed by atoms with Crippen molar-refractivity contribution in [1.82, 2.24) is 0 Å². The first-order valence-corrected chi connectivity index (χ1v) is 9.00. The van der Waals surface area contributed by atoms with Crippen LogP contribution in [0.3, 0.4) is 0 Å². The predicted molar refractivity (Wildman–Crippen MR) is 94.9 cm³/mol. The molecule has 0 rings (SSSR count). The maximum absolute atomic E-state index is 10.3. The first-order chi connectivity index (χ1) is 11.2. The van der Waals surface area contributed by atoms with E-state index in [1.807, 2.05) is 0 Å². The number of unbranched alkanes of at least 4 members (excludes halogenated alkanes) is 8. The molecule has 0 saturated heterocycles. The molecule has 3 nitrogen and oxygen atoms in total. The molecule has 0 aromatic carbocycles. The molecule has 0 aliphatic rings. The van der Waals surface area contributed by atoms with Crippen LogP contribution in [0.1, 0.15) is 90.4 Å². The second kappa shape index (κ2) is 16.9. The SMILES string of the molecule is CCCCC(O)C#CCCCCCCCC#CCCCC(=O)O.